The van der Waals surface area contributed by atoms with E-state index in [-0.39, 0.29) is 12.4 Å². The van der Waals surface area contributed by atoms with Crippen LogP contribution in [0.25, 0.3) is 11.5 Å². The molecule has 0 saturated carbocycles. The van der Waals surface area contributed by atoms with Crippen molar-refractivity contribution in [3.63, 3.8) is 0 Å². The average molecular weight is 367 g/mol. The fourth-order valence-corrected chi connectivity index (χ4v) is 2.26. The molecule has 0 aliphatic rings. The number of rotatable bonds is 3. The Hall–Kier alpha value is -2.28. The SMILES string of the molecule is O=c1oc(-c2ccc(F)cc2)nn1Cc1ccc(Br)cc1F. The molecule has 0 amide bonds. The fourth-order valence-electron chi connectivity index (χ4n) is 1.93. The molecule has 0 aliphatic heterocycles. The number of benzene rings is 2. The van der Waals surface area contributed by atoms with Gasteiger partial charge >= 0.3 is 5.76 Å². The van der Waals surface area contributed by atoms with E-state index in [0.29, 0.717) is 15.6 Å². The minimum Gasteiger partial charge on any atom is -0.388 e. The van der Waals surface area contributed by atoms with Crippen molar-refractivity contribution in [2.75, 3.05) is 0 Å². The van der Waals surface area contributed by atoms with E-state index < -0.39 is 17.4 Å². The lowest BCUT2D eigenvalue weighted by molar-refractivity contribution is 0.490. The summed E-state index contributed by atoms with van der Waals surface area (Å²) in [5, 5.41) is 4.01. The maximum atomic E-state index is 13.8. The Morgan fingerprint density at radius 2 is 1.86 bits per heavy atom. The average Bonchev–Trinajstić information content (AvgIpc) is 2.84. The van der Waals surface area contributed by atoms with Gasteiger partial charge in [0.05, 0.1) is 6.54 Å². The van der Waals surface area contributed by atoms with E-state index in [1.807, 2.05) is 0 Å². The lowest BCUT2D eigenvalue weighted by atomic mass is 10.2. The van der Waals surface area contributed by atoms with E-state index in [2.05, 4.69) is 21.0 Å². The van der Waals surface area contributed by atoms with Crippen molar-refractivity contribution < 1.29 is 13.2 Å². The van der Waals surface area contributed by atoms with Gasteiger partial charge in [-0.1, -0.05) is 22.0 Å². The summed E-state index contributed by atoms with van der Waals surface area (Å²) in [5.41, 5.74) is 0.776. The summed E-state index contributed by atoms with van der Waals surface area (Å²) in [4.78, 5) is 11.8. The highest BCUT2D eigenvalue weighted by Crippen LogP contribution is 2.18. The first-order valence-corrected chi connectivity index (χ1v) is 7.10. The Morgan fingerprint density at radius 1 is 1.14 bits per heavy atom. The van der Waals surface area contributed by atoms with Crippen molar-refractivity contribution in [1.82, 2.24) is 9.78 Å². The van der Waals surface area contributed by atoms with Crippen LogP contribution in [0.2, 0.25) is 0 Å². The molecule has 0 N–H and O–H groups in total. The molecule has 112 valence electrons. The Kier molecular flexibility index (Phi) is 3.89. The first kappa shape index (κ1) is 14.6. The third kappa shape index (κ3) is 2.99. The second-order valence-corrected chi connectivity index (χ2v) is 5.49. The minimum atomic E-state index is -0.707. The topological polar surface area (TPSA) is 48.0 Å². The molecule has 7 heteroatoms. The molecule has 0 unspecified atom stereocenters. The zero-order valence-electron chi connectivity index (χ0n) is 11.1. The van der Waals surface area contributed by atoms with E-state index in [9.17, 15) is 13.6 Å². The van der Waals surface area contributed by atoms with Gasteiger partial charge in [0.25, 0.3) is 0 Å². The van der Waals surface area contributed by atoms with Crippen LogP contribution in [-0.2, 0) is 6.54 Å². The molecule has 1 heterocycles. The highest BCUT2D eigenvalue weighted by Gasteiger charge is 2.12. The van der Waals surface area contributed by atoms with Crippen molar-refractivity contribution in [3.8, 4) is 11.5 Å². The lowest BCUT2D eigenvalue weighted by Gasteiger charge is -2.02. The van der Waals surface area contributed by atoms with E-state index in [1.54, 1.807) is 12.1 Å². The van der Waals surface area contributed by atoms with Crippen LogP contribution in [0.3, 0.4) is 0 Å². The normalized spacial score (nSPS) is 10.9. The summed E-state index contributed by atoms with van der Waals surface area (Å²) in [6.45, 7) is -0.0529. The molecule has 0 spiro atoms. The van der Waals surface area contributed by atoms with E-state index >= 15 is 0 Å². The smallest absolute Gasteiger partial charge is 0.388 e. The van der Waals surface area contributed by atoms with Crippen molar-refractivity contribution >= 4 is 15.9 Å². The Balaban J connectivity index is 1.92. The molecular formula is C15H9BrF2N2O2. The van der Waals surface area contributed by atoms with Crippen LogP contribution in [-0.4, -0.2) is 9.78 Å². The van der Waals surface area contributed by atoms with Gasteiger partial charge in [-0.25, -0.2) is 13.6 Å². The molecule has 3 aromatic rings. The fraction of sp³-hybridized carbons (Fsp3) is 0.0667. The van der Waals surface area contributed by atoms with E-state index in [4.69, 9.17) is 4.42 Å². The summed E-state index contributed by atoms with van der Waals surface area (Å²) < 4.78 is 33.3. The van der Waals surface area contributed by atoms with Gasteiger partial charge < -0.3 is 4.42 Å². The first-order valence-electron chi connectivity index (χ1n) is 6.31. The van der Waals surface area contributed by atoms with Crippen LogP contribution < -0.4 is 5.76 Å². The third-order valence-electron chi connectivity index (χ3n) is 3.03. The monoisotopic (exact) mass is 366 g/mol. The maximum absolute atomic E-state index is 13.8. The summed E-state index contributed by atoms with van der Waals surface area (Å²) in [6.07, 6.45) is 0. The van der Waals surface area contributed by atoms with Gasteiger partial charge in [0.15, 0.2) is 0 Å². The Labute approximate surface area is 132 Å². The van der Waals surface area contributed by atoms with Crippen LogP contribution in [0.15, 0.2) is 56.1 Å². The Morgan fingerprint density at radius 3 is 2.55 bits per heavy atom. The molecule has 0 fully saturated rings. The van der Waals surface area contributed by atoms with Crippen LogP contribution in [0.1, 0.15) is 5.56 Å². The molecule has 3 rings (SSSR count). The minimum absolute atomic E-state index is 0.0529. The number of halogens is 3. The maximum Gasteiger partial charge on any atom is 0.437 e. The lowest BCUT2D eigenvalue weighted by Crippen LogP contribution is -2.17. The number of hydrogen-bond donors (Lipinski definition) is 0. The van der Waals surface area contributed by atoms with Crippen molar-refractivity contribution in [1.29, 1.82) is 0 Å². The molecule has 0 atom stereocenters. The van der Waals surface area contributed by atoms with Gasteiger partial charge in [0.1, 0.15) is 11.6 Å². The van der Waals surface area contributed by atoms with Gasteiger partial charge in [-0.15, -0.1) is 5.10 Å². The largest absolute Gasteiger partial charge is 0.437 e. The second kappa shape index (κ2) is 5.84. The van der Waals surface area contributed by atoms with Gasteiger partial charge in [-0.2, -0.15) is 4.68 Å². The quantitative estimate of drug-likeness (QED) is 0.711. The molecule has 22 heavy (non-hydrogen) atoms. The molecule has 1 aromatic heterocycles. The zero-order chi connectivity index (χ0) is 15.7. The van der Waals surface area contributed by atoms with E-state index in [0.717, 1.165) is 4.68 Å². The molecule has 0 bridgehead atoms. The summed E-state index contributed by atoms with van der Waals surface area (Å²) >= 11 is 3.16. The number of hydrogen-bond acceptors (Lipinski definition) is 3. The molecular weight excluding hydrogens is 358 g/mol. The predicted molar refractivity (Wildman–Crippen MR) is 79.4 cm³/mol. The molecule has 2 aromatic carbocycles. The summed E-state index contributed by atoms with van der Waals surface area (Å²) in [6, 6.07) is 9.91. The number of aromatic nitrogens is 2. The first-order chi connectivity index (χ1) is 10.5. The molecule has 4 nitrogen and oxygen atoms in total. The summed E-state index contributed by atoms with van der Waals surface area (Å²) in [5.74, 6) is -1.50. The summed E-state index contributed by atoms with van der Waals surface area (Å²) in [7, 11) is 0. The van der Waals surface area contributed by atoms with Gasteiger partial charge in [-0.3, -0.25) is 0 Å². The van der Waals surface area contributed by atoms with E-state index in [1.165, 1.54) is 30.3 Å². The molecule has 0 radical (unpaired) electrons. The second-order valence-electron chi connectivity index (χ2n) is 4.57. The van der Waals surface area contributed by atoms with Gasteiger partial charge in [0, 0.05) is 15.6 Å². The van der Waals surface area contributed by atoms with Crippen LogP contribution >= 0.6 is 15.9 Å². The van der Waals surface area contributed by atoms with Crippen molar-refractivity contribution in [3.05, 3.63) is 74.7 Å². The van der Waals surface area contributed by atoms with Crippen LogP contribution in [0.4, 0.5) is 8.78 Å². The van der Waals surface area contributed by atoms with Crippen LogP contribution in [0.5, 0.6) is 0 Å². The van der Waals surface area contributed by atoms with Gasteiger partial charge in [-0.05, 0) is 36.4 Å². The van der Waals surface area contributed by atoms with Crippen molar-refractivity contribution in [2.45, 2.75) is 6.54 Å². The predicted octanol–water partition coefficient (Wildman–Crippen LogP) is 3.59. The Bertz CT molecular complexity index is 872. The standard InChI is InChI=1S/C15H9BrF2N2O2/c16-11-4-1-10(13(18)7-11)8-20-15(21)22-14(19-20)9-2-5-12(17)6-3-9/h1-7H,8H2. The molecule has 0 aliphatic carbocycles. The zero-order valence-corrected chi connectivity index (χ0v) is 12.7. The van der Waals surface area contributed by atoms with Crippen LogP contribution in [0, 0.1) is 11.6 Å². The highest BCUT2D eigenvalue weighted by molar-refractivity contribution is 9.10. The van der Waals surface area contributed by atoms with Gasteiger partial charge in [0.2, 0.25) is 5.89 Å². The van der Waals surface area contributed by atoms with Crippen molar-refractivity contribution in [2.24, 2.45) is 0 Å². The highest BCUT2D eigenvalue weighted by atomic mass is 79.9. The number of nitrogens with zero attached hydrogens (tertiary/aromatic N) is 2. The third-order valence-corrected chi connectivity index (χ3v) is 3.53. The molecule has 0 saturated heterocycles.